The number of unbranched alkanes of at least 4 members (excludes halogenated alkanes) is 11. The van der Waals surface area contributed by atoms with Crippen molar-refractivity contribution in [3.8, 4) is 0 Å². The molecule has 8 nitrogen and oxygen atoms in total. The summed E-state index contributed by atoms with van der Waals surface area (Å²) in [6.07, 6.45) is 14.7. The SMILES string of the molecule is CCCCCCCCCCCCCCOS(=O)(=O)O.O=S(=O)(O)O. The van der Waals surface area contributed by atoms with E-state index in [1.54, 1.807) is 0 Å². The second-order valence-corrected chi connectivity index (χ2v) is 7.57. The molecule has 0 radical (unpaired) electrons. The number of hydrogen-bond acceptors (Lipinski definition) is 5. The van der Waals surface area contributed by atoms with Crippen molar-refractivity contribution in [3.05, 3.63) is 0 Å². The Hall–Kier alpha value is -0.260. The largest absolute Gasteiger partial charge is 0.397 e. The maximum Gasteiger partial charge on any atom is 0.397 e. The lowest BCUT2D eigenvalue weighted by atomic mass is 10.1. The molecular weight excluding hydrogens is 360 g/mol. The van der Waals surface area contributed by atoms with Crippen LogP contribution in [0.4, 0.5) is 0 Å². The van der Waals surface area contributed by atoms with E-state index >= 15 is 0 Å². The minimum atomic E-state index is -4.67. The smallest absolute Gasteiger partial charge is 0.264 e. The van der Waals surface area contributed by atoms with Gasteiger partial charge in [0.05, 0.1) is 6.61 Å². The average molecular weight is 393 g/mol. The van der Waals surface area contributed by atoms with Crippen molar-refractivity contribution >= 4 is 20.8 Å². The van der Waals surface area contributed by atoms with E-state index < -0.39 is 20.8 Å². The summed E-state index contributed by atoms with van der Waals surface area (Å²) in [6, 6.07) is 0. The van der Waals surface area contributed by atoms with Crippen LogP contribution >= 0.6 is 0 Å². The molecule has 0 unspecified atom stereocenters. The fourth-order valence-corrected chi connectivity index (χ4v) is 2.44. The second-order valence-electron chi connectivity index (χ2n) is 5.59. The molecule has 148 valence electrons. The van der Waals surface area contributed by atoms with Gasteiger partial charge in [0.15, 0.2) is 0 Å². The Kier molecular flexibility index (Phi) is 17.6. The van der Waals surface area contributed by atoms with Gasteiger partial charge in [0.2, 0.25) is 0 Å². The van der Waals surface area contributed by atoms with E-state index in [1.807, 2.05) is 0 Å². The van der Waals surface area contributed by atoms with Gasteiger partial charge < -0.3 is 0 Å². The van der Waals surface area contributed by atoms with Gasteiger partial charge in [0, 0.05) is 0 Å². The molecule has 0 spiro atoms. The van der Waals surface area contributed by atoms with Gasteiger partial charge in [-0.3, -0.25) is 13.7 Å². The summed E-state index contributed by atoms with van der Waals surface area (Å²) in [6.45, 7) is 2.33. The van der Waals surface area contributed by atoms with Crippen LogP contribution in [-0.2, 0) is 25.0 Å². The lowest BCUT2D eigenvalue weighted by Crippen LogP contribution is -2.04. The van der Waals surface area contributed by atoms with E-state index in [9.17, 15) is 8.42 Å². The van der Waals surface area contributed by atoms with Crippen molar-refractivity contribution in [2.75, 3.05) is 6.61 Å². The summed E-state index contributed by atoms with van der Waals surface area (Å²) in [7, 11) is -8.91. The molecule has 0 aliphatic rings. The highest BCUT2D eigenvalue weighted by molar-refractivity contribution is 7.80. The average Bonchev–Trinajstić information content (AvgIpc) is 2.41. The zero-order valence-corrected chi connectivity index (χ0v) is 16.0. The summed E-state index contributed by atoms with van der Waals surface area (Å²) < 4.78 is 64.7. The van der Waals surface area contributed by atoms with Crippen molar-refractivity contribution in [1.82, 2.24) is 0 Å². The molecular formula is C14H32O8S2. The highest BCUT2D eigenvalue weighted by Crippen LogP contribution is 2.11. The molecule has 0 rings (SSSR count). The Bertz CT molecular complexity index is 451. The van der Waals surface area contributed by atoms with Gasteiger partial charge in [0.25, 0.3) is 0 Å². The summed E-state index contributed by atoms with van der Waals surface area (Å²) >= 11 is 0. The molecule has 0 atom stereocenters. The molecule has 0 aromatic carbocycles. The Morgan fingerprint density at radius 2 is 0.917 bits per heavy atom. The monoisotopic (exact) mass is 392 g/mol. The fraction of sp³-hybridized carbons (Fsp3) is 1.00. The van der Waals surface area contributed by atoms with Gasteiger partial charge in [-0.2, -0.15) is 16.8 Å². The van der Waals surface area contributed by atoms with E-state index in [0.29, 0.717) is 6.42 Å². The van der Waals surface area contributed by atoms with Crippen LogP contribution in [0.5, 0.6) is 0 Å². The lowest BCUT2D eigenvalue weighted by Gasteiger charge is -2.02. The van der Waals surface area contributed by atoms with Crippen LogP contribution < -0.4 is 0 Å². The second kappa shape index (κ2) is 16.2. The maximum atomic E-state index is 10.3. The van der Waals surface area contributed by atoms with E-state index in [2.05, 4.69) is 11.1 Å². The molecule has 0 saturated heterocycles. The van der Waals surface area contributed by atoms with Gasteiger partial charge in [0.1, 0.15) is 0 Å². The molecule has 0 aliphatic heterocycles. The number of rotatable bonds is 14. The molecule has 24 heavy (non-hydrogen) atoms. The third-order valence-electron chi connectivity index (χ3n) is 3.23. The molecule has 0 amide bonds. The third kappa shape index (κ3) is 37.7. The minimum Gasteiger partial charge on any atom is -0.264 e. The first-order valence-corrected chi connectivity index (χ1v) is 11.1. The zero-order chi connectivity index (χ0) is 18.9. The van der Waals surface area contributed by atoms with E-state index in [-0.39, 0.29) is 6.61 Å². The Morgan fingerprint density at radius 3 is 1.21 bits per heavy atom. The highest BCUT2D eigenvalue weighted by atomic mass is 32.3. The Labute approximate surface area is 146 Å². The van der Waals surface area contributed by atoms with Crippen molar-refractivity contribution in [2.45, 2.75) is 84.0 Å². The molecule has 10 heteroatoms. The van der Waals surface area contributed by atoms with Crippen LogP contribution in [0.1, 0.15) is 84.0 Å². The summed E-state index contributed by atoms with van der Waals surface area (Å²) in [5.41, 5.74) is 0. The first-order valence-electron chi connectivity index (χ1n) is 8.38. The van der Waals surface area contributed by atoms with Crippen LogP contribution in [0.3, 0.4) is 0 Å². The first-order chi connectivity index (χ1) is 11.1. The highest BCUT2D eigenvalue weighted by Gasteiger charge is 2.02. The summed E-state index contributed by atoms with van der Waals surface area (Å²) in [4.78, 5) is 0. The van der Waals surface area contributed by atoms with Gasteiger partial charge in [-0.15, -0.1) is 0 Å². The van der Waals surface area contributed by atoms with Gasteiger partial charge in [-0.1, -0.05) is 77.6 Å². The topological polar surface area (TPSA) is 138 Å². The fourth-order valence-electron chi connectivity index (χ4n) is 2.11. The molecule has 0 aliphatic carbocycles. The Morgan fingerprint density at radius 1 is 0.625 bits per heavy atom. The summed E-state index contributed by atoms with van der Waals surface area (Å²) in [5.74, 6) is 0. The normalized spacial score (nSPS) is 11.8. The van der Waals surface area contributed by atoms with E-state index in [1.165, 1.54) is 57.8 Å². The lowest BCUT2D eigenvalue weighted by molar-refractivity contribution is 0.261. The third-order valence-corrected chi connectivity index (χ3v) is 3.69. The van der Waals surface area contributed by atoms with Gasteiger partial charge in [-0.05, 0) is 6.42 Å². The molecule has 0 bridgehead atoms. The van der Waals surface area contributed by atoms with Gasteiger partial charge in [-0.25, -0.2) is 4.18 Å². The maximum absolute atomic E-state index is 10.3. The van der Waals surface area contributed by atoms with Crippen LogP contribution in [-0.4, -0.2) is 37.1 Å². The number of hydrogen-bond donors (Lipinski definition) is 3. The van der Waals surface area contributed by atoms with E-state index in [0.717, 1.165) is 12.8 Å². The minimum absolute atomic E-state index is 0.0935. The predicted molar refractivity (Wildman–Crippen MR) is 92.8 cm³/mol. The molecule has 0 saturated carbocycles. The predicted octanol–water partition coefficient (Wildman–Crippen LogP) is 3.85. The standard InChI is InChI=1S/C14H30O4S.H2O4S/c1-2-3-4-5-6-7-8-9-10-11-12-13-14-18-19(15,16)17;1-5(2,3)4/h2-14H2,1H3,(H,15,16,17);(H2,1,2,3,4). The molecule has 0 aromatic rings. The van der Waals surface area contributed by atoms with Gasteiger partial charge >= 0.3 is 20.8 Å². The Balaban J connectivity index is 0. The van der Waals surface area contributed by atoms with Crippen molar-refractivity contribution < 1.29 is 34.7 Å². The molecule has 3 N–H and O–H groups in total. The van der Waals surface area contributed by atoms with Crippen LogP contribution in [0, 0.1) is 0 Å². The first kappa shape index (κ1) is 26.0. The molecule has 0 heterocycles. The quantitative estimate of drug-likeness (QED) is 0.299. The van der Waals surface area contributed by atoms with Crippen molar-refractivity contribution in [3.63, 3.8) is 0 Å². The molecule has 0 fully saturated rings. The summed E-state index contributed by atoms with van der Waals surface area (Å²) in [5, 5.41) is 0. The van der Waals surface area contributed by atoms with Crippen molar-refractivity contribution in [2.24, 2.45) is 0 Å². The zero-order valence-electron chi connectivity index (χ0n) is 14.4. The van der Waals surface area contributed by atoms with E-state index in [4.69, 9.17) is 22.1 Å². The molecule has 0 aromatic heterocycles. The van der Waals surface area contributed by atoms with Crippen LogP contribution in [0.15, 0.2) is 0 Å². The van der Waals surface area contributed by atoms with Crippen LogP contribution in [0.2, 0.25) is 0 Å². The van der Waals surface area contributed by atoms with Crippen LogP contribution in [0.25, 0.3) is 0 Å². The van der Waals surface area contributed by atoms with Crippen molar-refractivity contribution in [1.29, 1.82) is 0 Å².